The number of nitrogens with zero attached hydrogens (tertiary/aromatic N) is 2. The molecule has 1 aromatic rings. The summed E-state index contributed by atoms with van der Waals surface area (Å²) < 4.78 is 1.16. The van der Waals surface area contributed by atoms with E-state index in [1.807, 2.05) is 0 Å². The number of likely N-dealkylation sites (N-methyl/N-ethyl adjacent to an activating group) is 1. The van der Waals surface area contributed by atoms with Crippen molar-refractivity contribution in [3.63, 3.8) is 0 Å². The first-order chi connectivity index (χ1) is 8.15. The minimum atomic E-state index is 0.645. The molecular weight excluding hydrogens is 276 g/mol. The second kappa shape index (κ2) is 5.98. The van der Waals surface area contributed by atoms with E-state index < -0.39 is 0 Å². The van der Waals surface area contributed by atoms with Gasteiger partial charge in [-0.25, -0.2) is 0 Å². The summed E-state index contributed by atoms with van der Waals surface area (Å²) in [6, 6.07) is 9.33. The molecule has 1 atom stereocenters. The molecule has 1 heterocycles. The average Bonchev–Trinajstić information content (AvgIpc) is 2.44. The maximum absolute atomic E-state index is 3.48. The molecule has 94 valence electrons. The minimum Gasteiger partial charge on any atom is -0.305 e. The highest BCUT2D eigenvalue weighted by Crippen LogP contribution is 2.15. The van der Waals surface area contributed by atoms with Crippen molar-refractivity contribution >= 4 is 15.9 Å². The molecule has 1 aliphatic heterocycles. The summed E-state index contributed by atoms with van der Waals surface area (Å²) in [6.07, 6.45) is 1.28. The third-order valence-electron chi connectivity index (χ3n) is 3.48. The zero-order chi connectivity index (χ0) is 12.3. The maximum Gasteiger partial charge on any atom is 0.0237 e. The molecule has 0 N–H and O–H groups in total. The molecule has 2 rings (SSSR count). The highest BCUT2D eigenvalue weighted by molar-refractivity contribution is 9.10. The maximum atomic E-state index is 3.48. The average molecular weight is 297 g/mol. The fraction of sp³-hybridized carbons (Fsp3) is 0.571. The molecule has 1 fully saturated rings. The van der Waals surface area contributed by atoms with E-state index in [-0.39, 0.29) is 0 Å². The lowest BCUT2D eigenvalue weighted by Gasteiger charge is -2.27. The van der Waals surface area contributed by atoms with Gasteiger partial charge in [-0.15, -0.1) is 0 Å². The van der Waals surface area contributed by atoms with Crippen LogP contribution in [0.2, 0.25) is 0 Å². The van der Waals surface area contributed by atoms with E-state index in [2.05, 4.69) is 64.0 Å². The Morgan fingerprint density at radius 2 is 1.94 bits per heavy atom. The molecule has 1 aliphatic rings. The quantitative estimate of drug-likeness (QED) is 0.828. The van der Waals surface area contributed by atoms with Gasteiger partial charge in [-0.3, -0.25) is 4.90 Å². The van der Waals surface area contributed by atoms with Crippen molar-refractivity contribution in [1.82, 2.24) is 9.80 Å². The van der Waals surface area contributed by atoms with Crippen LogP contribution < -0.4 is 0 Å². The van der Waals surface area contributed by atoms with E-state index >= 15 is 0 Å². The van der Waals surface area contributed by atoms with Gasteiger partial charge in [-0.1, -0.05) is 28.1 Å². The predicted molar refractivity (Wildman–Crippen MR) is 76.1 cm³/mol. The molecule has 0 aromatic heterocycles. The third kappa shape index (κ3) is 3.80. The second-order valence-corrected chi connectivity index (χ2v) is 5.98. The Kier molecular flexibility index (Phi) is 4.60. The van der Waals surface area contributed by atoms with Crippen LogP contribution in [-0.2, 0) is 6.54 Å². The Balaban J connectivity index is 1.99. The largest absolute Gasteiger partial charge is 0.305 e. The molecule has 2 nitrogen and oxygen atoms in total. The van der Waals surface area contributed by atoms with E-state index in [1.54, 1.807) is 0 Å². The number of hydrogen-bond donors (Lipinski definition) is 0. The summed E-state index contributed by atoms with van der Waals surface area (Å²) in [5.74, 6) is 0. The first kappa shape index (κ1) is 13.1. The van der Waals surface area contributed by atoms with Gasteiger partial charge in [0.25, 0.3) is 0 Å². The third-order valence-corrected chi connectivity index (χ3v) is 4.01. The van der Waals surface area contributed by atoms with Crippen molar-refractivity contribution in [1.29, 1.82) is 0 Å². The summed E-state index contributed by atoms with van der Waals surface area (Å²) in [5.41, 5.74) is 1.41. The molecule has 0 aliphatic carbocycles. The minimum absolute atomic E-state index is 0.645. The predicted octanol–water partition coefficient (Wildman–Crippen LogP) is 2.98. The fourth-order valence-corrected chi connectivity index (χ4v) is 2.75. The van der Waals surface area contributed by atoms with Crippen LogP contribution in [0.3, 0.4) is 0 Å². The van der Waals surface area contributed by atoms with Crippen LogP contribution in [0.1, 0.15) is 18.9 Å². The summed E-state index contributed by atoms with van der Waals surface area (Å²) in [5, 5.41) is 0. The molecule has 3 heteroatoms. The van der Waals surface area contributed by atoms with Crippen molar-refractivity contribution in [2.45, 2.75) is 25.9 Å². The first-order valence-corrected chi connectivity index (χ1v) is 7.11. The zero-order valence-corrected chi connectivity index (χ0v) is 12.3. The Morgan fingerprint density at radius 3 is 2.65 bits per heavy atom. The van der Waals surface area contributed by atoms with E-state index in [9.17, 15) is 0 Å². The van der Waals surface area contributed by atoms with Crippen LogP contribution in [0.5, 0.6) is 0 Å². The van der Waals surface area contributed by atoms with Crippen molar-refractivity contribution in [3.05, 3.63) is 34.3 Å². The van der Waals surface area contributed by atoms with Crippen LogP contribution in [0.4, 0.5) is 0 Å². The van der Waals surface area contributed by atoms with Gasteiger partial charge in [0.2, 0.25) is 0 Å². The van der Waals surface area contributed by atoms with E-state index in [1.165, 1.54) is 31.6 Å². The lowest BCUT2D eigenvalue weighted by Crippen LogP contribution is -2.37. The summed E-state index contributed by atoms with van der Waals surface area (Å²) >= 11 is 3.48. The Morgan fingerprint density at radius 1 is 1.24 bits per heavy atom. The number of halogens is 1. The Hall–Kier alpha value is -0.380. The number of rotatable bonds is 2. The second-order valence-electron chi connectivity index (χ2n) is 5.06. The lowest BCUT2D eigenvalue weighted by molar-refractivity contribution is 0.194. The van der Waals surface area contributed by atoms with Gasteiger partial charge in [0.1, 0.15) is 0 Å². The summed E-state index contributed by atoms with van der Waals surface area (Å²) in [4.78, 5) is 5.03. The van der Waals surface area contributed by atoms with Crippen molar-refractivity contribution in [2.75, 3.05) is 26.7 Å². The SMILES string of the molecule is CC1CN(C)CCCN1Cc1ccc(Br)cc1. The standard InChI is InChI=1S/C14H21BrN2/c1-12-10-16(2)8-3-9-17(12)11-13-4-6-14(15)7-5-13/h4-7,12H,3,8-11H2,1-2H3. The van der Waals surface area contributed by atoms with Gasteiger partial charge in [0, 0.05) is 30.1 Å². The van der Waals surface area contributed by atoms with Crippen LogP contribution in [0.25, 0.3) is 0 Å². The topological polar surface area (TPSA) is 6.48 Å². The molecule has 1 saturated heterocycles. The molecule has 17 heavy (non-hydrogen) atoms. The van der Waals surface area contributed by atoms with Gasteiger partial charge in [0.05, 0.1) is 0 Å². The van der Waals surface area contributed by atoms with Gasteiger partial charge in [0.15, 0.2) is 0 Å². The van der Waals surface area contributed by atoms with Crippen molar-refractivity contribution in [3.8, 4) is 0 Å². The Labute approximate surface area is 113 Å². The summed E-state index contributed by atoms with van der Waals surface area (Å²) in [7, 11) is 2.22. The first-order valence-electron chi connectivity index (χ1n) is 6.32. The van der Waals surface area contributed by atoms with Gasteiger partial charge < -0.3 is 4.90 Å². The Bertz CT molecular complexity index is 350. The molecular formula is C14H21BrN2. The molecule has 0 radical (unpaired) electrons. The lowest BCUT2D eigenvalue weighted by atomic mass is 10.2. The van der Waals surface area contributed by atoms with E-state index in [0.717, 1.165) is 11.0 Å². The van der Waals surface area contributed by atoms with Crippen LogP contribution in [0, 0.1) is 0 Å². The van der Waals surface area contributed by atoms with Gasteiger partial charge in [-0.05, 0) is 44.6 Å². The van der Waals surface area contributed by atoms with Crippen LogP contribution in [0.15, 0.2) is 28.7 Å². The highest BCUT2D eigenvalue weighted by atomic mass is 79.9. The van der Waals surface area contributed by atoms with Crippen molar-refractivity contribution < 1.29 is 0 Å². The fourth-order valence-electron chi connectivity index (χ4n) is 2.48. The van der Waals surface area contributed by atoms with E-state index in [0.29, 0.717) is 6.04 Å². The summed E-state index contributed by atoms with van der Waals surface area (Å²) in [6.45, 7) is 7.02. The van der Waals surface area contributed by atoms with Crippen LogP contribution >= 0.6 is 15.9 Å². The highest BCUT2D eigenvalue weighted by Gasteiger charge is 2.19. The van der Waals surface area contributed by atoms with E-state index in [4.69, 9.17) is 0 Å². The van der Waals surface area contributed by atoms with Gasteiger partial charge in [-0.2, -0.15) is 0 Å². The molecule has 0 saturated carbocycles. The molecule has 0 bridgehead atoms. The zero-order valence-electron chi connectivity index (χ0n) is 10.7. The smallest absolute Gasteiger partial charge is 0.0237 e. The van der Waals surface area contributed by atoms with Gasteiger partial charge >= 0.3 is 0 Å². The number of hydrogen-bond acceptors (Lipinski definition) is 2. The van der Waals surface area contributed by atoms with Crippen LogP contribution in [-0.4, -0.2) is 42.5 Å². The van der Waals surface area contributed by atoms with Crippen molar-refractivity contribution in [2.24, 2.45) is 0 Å². The molecule has 0 spiro atoms. The number of benzene rings is 1. The molecule has 1 aromatic carbocycles. The monoisotopic (exact) mass is 296 g/mol. The molecule has 1 unspecified atom stereocenters. The normalized spacial score (nSPS) is 23.6. The molecule has 0 amide bonds.